The zero-order valence-corrected chi connectivity index (χ0v) is 12.8. The monoisotopic (exact) mass is 320 g/mol. The van der Waals surface area contributed by atoms with Gasteiger partial charge in [-0.3, -0.25) is 9.48 Å². The minimum absolute atomic E-state index is 0.0466. The van der Waals surface area contributed by atoms with E-state index in [9.17, 15) is 4.79 Å². The Kier molecular flexibility index (Phi) is 3.13. The molecule has 1 fully saturated rings. The third kappa shape index (κ3) is 1.98. The van der Waals surface area contributed by atoms with Gasteiger partial charge in [0.15, 0.2) is 0 Å². The zero-order valence-electron chi connectivity index (χ0n) is 11.2. The van der Waals surface area contributed by atoms with Crippen LogP contribution in [0.1, 0.15) is 36.9 Å². The highest BCUT2D eigenvalue weighted by molar-refractivity contribution is 9.10. The molecule has 0 atom stereocenters. The number of nitrogens with zero attached hydrogens (tertiary/aromatic N) is 2. The Labute approximate surface area is 121 Å². The van der Waals surface area contributed by atoms with Crippen LogP contribution in [-0.4, -0.2) is 9.36 Å². The third-order valence-corrected chi connectivity index (χ3v) is 4.56. The van der Waals surface area contributed by atoms with Gasteiger partial charge < -0.3 is 0 Å². The van der Waals surface area contributed by atoms with Crippen molar-refractivity contribution in [3.8, 4) is 5.69 Å². The number of benzene rings is 1. The average molecular weight is 321 g/mol. The lowest BCUT2D eigenvalue weighted by Crippen LogP contribution is -2.21. The summed E-state index contributed by atoms with van der Waals surface area (Å²) >= 11 is 3.48. The van der Waals surface area contributed by atoms with E-state index in [1.807, 2.05) is 29.9 Å². The molecular formula is C15H17BrN2O. The summed E-state index contributed by atoms with van der Waals surface area (Å²) in [5, 5.41) is 0. The predicted molar refractivity (Wildman–Crippen MR) is 80.1 cm³/mol. The first-order chi connectivity index (χ1) is 9.15. The molecule has 2 aromatic rings. The summed E-state index contributed by atoms with van der Waals surface area (Å²) in [6.07, 6.45) is 3.29. The Morgan fingerprint density at radius 3 is 2.63 bits per heavy atom. The largest absolute Gasteiger partial charge is 0.286 e. The smallest absolute Gasteiger partial charge is 0.284 e. The van der Waals surface area contributed by atoms with Gasteiger partial charge in [0.05, 0.1) is 11.4 Å². The van der Waals surface area contributed by atoms with Gasteiger partial charge in [-0.2, -0.15) is 0 Å². The van der Waals surface area contributed by atoms with Crippen molar-refractivity contribution < 1.29 is 0 Å². The van der Waals surface area contributed by atoms with Crippen LogP contribution in [0.2, 0.25) is 0 Å². The van der Waals surface area contributed by atoms with Crippen LogP contribution in [0.5, 0.6) is 0 Å². The molecule has 1 heterocycles. The number of aromatic nitrogens is 2. The average Bonchev–Trinajstić information content (AvgIpc) is 3.21. The molecular weight excluding hydrogens is 304 g/mol. The third-order valence-electron chi connectivity index (χ3n) is 3.82. The van der Waals surface area contributed by atoms with E-state index in [-0.39, 0.29) is 5.56 Å². The lowest BCUT2D eigenvalue weighted by molar-refractivity contribution is 0.612. The Balaban J connectivity index is 2.26. The number of hydrogen-bond donors (Lipinski definition) is 0. The second kappa shape index (κ2) is 4.67. The maximum Gasteiger partial charge on any atom is 0.286 e. The van der Waals surface area contributed by atoms with Gasteiger partial charge in [-0.25, -0.2) is 4.68 Å². The van der Waals surface area contributed by atoms with Crippen molar-refractivity contribution in [3.05, 3.63) is 50.3 Å². The quantitative estimate of drug-likeness (QED) is 0.851. The molecule has 0 aliphatic heterocycles. The van der Waals surface area contributed by atoms with Crippen molar-refractivity contribution in [1.82, 2.24) is 9.36 Å². The van der Waals surface area contributed by atoms with E-state index in [2.05, 4.69) is 28.9 Å². The highest BCUT2D eigenvalue weighted by atomic mass is 79.9. The van der Waals surface area contributed by atoms with Gasteiger partial charge in [-0.1, -0.05) is 25.1 Å². The first-order valence-corrected chi connectivity index (χ1v) is 7.50. The Morgan fingerprint density at radius 2 is 2.00 bits per heavy atom. The van der Waals surface area contributed by atoms with Crippen molar-refractivity contribution >= 4 is 15.9 Å². The first kappa shape index (κ1) is 12.7. The molecule has 3 rings (SSSR count). The van der Waals surface area contributed by atoms with Crippen molar-refractivity contribution in [2.24, 2.45) is 7.05 Å². The highest BCUT2D eigenvalue weighted by Gasteiger charge is 2.32. The first-order valence-electron chi connectivity index (χ1n) is 6.70. The zero-order chi connectivity index (χ0) is 13.6. The number of halogens is 1. The maximum absolute atomic E-state index is 12.5. The van der Waals surface area contributed by atoms with Crippen molar-refractivity contribution in [2.45, 2.75) is 32.1 Å². The lowest BCUT2D eigenvalue weighted by atomic mass is 10.1. The predicted octanol–water partition coefficient (Wildman–Crippen LogP) is 3.38. The molecule has 0 saturated heterocycles. The molecule has 19 heavy (non-hydrogen) atoms. The molecule has 0 amide bonds. The maximum atomic E-state index is 12.5. The van der Waals surface area contributed by atoms with Crippen LogP contribution in [-0.2, 0) is 13.5 Å². The van der Waals surface area contributed by atoms with Gasteiger partial charge in [0.25, 0.3) is 5.56 Å². The summed E-state index contributed by atoms with van der Waals surface area (Å²) in [5.41, 5.74) is 3.37. The molecule has 0 radical (unpaired) electrons. The molecule has 0 bridgehead atoms. The molecule has 100 valence electrons. The molecule has 1 aromatic carbocycles. The van der Waals surface area contributed by atoms with Gasteiger partial charge in [0.1, 0.15) is 4.47 Å². The van der Waals surface area contributed by atoms with Crippen LogP contribution in [0.4, 0.5) is 0 Å². The second-order valence-electron chi connectivity index (χ2n) is 5.10. The summed E-state index contributed by atoms with van der Waals surface area (Å²) in [7, 11) is 1.98. The summed E-state index contributed by atoms with van der Waals surface area (Å²) in [6, 6.07) is 8.11. The summed E-state index contributed by atoms with van der Waals surface area (Å²) in [6.45, 7) is 2.11. The Morgan fingerprint density at radius 1 is 1.32 bits per heavy atom. The van der Waals surface area contributed by atoms with E-state index in [4.69, 9.17) is 0 Å². The number of hydrogen-bond acceptors (Lipinski definition) is 1. The van der Waals surface area contributed by atoms with E-state index in [1.165, 1.54) is 18.4 Å². The van der Waals surface area contributed by atoms with Gasteiger partial charge in [-0.05, 0) is 46.8 Å². The van der Waals surface area contributed by atoms with E-state index >= 15 is 0 Å². The van der Waals surface area contributed by atoms with E-state index < -0.39 is 0 Å². The number of para-hydroxylation sites is 1. The Hall–Kier alpha value is -1.29. The highest BCUT2D eigenvalue weighted by Crippen LogP contribution is 2.42. The van der Waals surface area contributed by atoms with Crippen LogP contribution in [0.25, 0.3) is 5.69 Å². The van der Waals surface area contributed by atoms with Crippen molar-refractivity contribution in [3.63, 3.8) is 0 Å². The number of aryl methyl sites for hydroxylation is 1. The van der Waals surface area contributed by atoms with Crippen LogP contribution >= 0.6 is 15.9 Å². The van der Waals surface area contributed by atoms with Crippen LogP contribution in [0.3, 0.4) is 0 Å². The molecule has 4 heteroatoms. The molecule has 1 aromatic heterocycles. The summed E-state index contributed by atoms with van der Waals surface area (Å²) in [4.78, 5) is 12.5. The van der Waals surface area contributed by atoms with Crippen LogP contribution in [0.15, 0.2) is 33.5 Å². The Bertz CT molecular complexity index is 680. The minimum Gasteiger partial charge on any atom is -0.284 e. The fraction of sp³-hybridized carbons (Fsp3) is 0.400. The SMILES string of the molecule is CCc1ccccc1-n1c(=O)c(Br)c(C2CC2)n1C. The number of rotatable bonds is 3. The lowest BCUT2D eigenvalue weighted by Gasteiger charge is -2.13. The van der Waals surface area contributed by atoms with Crippen LogP contribution in [0, 0.1) is 0 Å². The van der Waals surface area contributed by atoms with Gasteiger partial charge in [0.2, 0.25) is 0 Å². The molecule has 0 N–H and O–H groups in total. The topological polar surface area (TPSA) is 26.9 Å². The summed E-state index contributed by atoms with van der Waals surface area (Å²) < 4.78 is 4.53. The fourth-order valence-corrected chi connectivity index (χ4v) is 3.42. The molecule has 0 unspecified atom stereocenters. The molecule has 3 nitrogen and oxygen atoms in total. The van der Waals surface area contributed by atoms with Crippen molar-refractivity contribution in [1.29, 1.82) is 0 Å². The van der Waals surface area contributed by atoms with E-state index in [0.29, 0.717) is 5.92 Å². The van der Waals surface area contributed by atoms with Crippen LogP contribution < -0.4 is 5.56 Å². The molecule has 1 aliphatic carbocycles. The molecule has 1 saturated carbocycles. The van der Waals surface area contributed by atoms with Gasteiger partial charge in [-0.15, -0.1) is 0 Å². The summed E-state index contributed by atoms with van der Waals surface area (Å²) in [5.74, 6) is 0.544. The van der Waals surface area contributed by atoms with Gasteiger partial charge >= 0.3 is 0 Å². The minimum atomic E-state index is 0.0466. The fourth-order valence-electron chi connectivity index (χ4n) is 2.68. The van der Waals surface area contributed by atoms with E-state index in [0.717, 1.165) is 22.3 Å². The molecule has 0 spiro atoms. The van der Waals surface area contributed by atoms with Gasteiger partial charge in [0, 0.05) is 13.0 Å². The second-order valence-corrected chi connectivity index (χ2v) is 5.89. The van der Waals surface area contributed by atoms with Crippen molar-refractivity contribution in [2.75, 3.05) is 0 Å². The van der Waals surface area contributed by atoms with E-state index in [1.54, 1.807) is 4.68 Å². The molecule has 1 aliphatic rings. The standard InChI is InChI=1S/C15H17BrN2O/c1-3-10-6-4-5-7-12(10)18-15(19)13(16)14(17(18)2)11-8-9-11/h4-7,11H,3,8-9H2,1-2H3. The normalized spacial score (nSPS) is 14.9.